The number of amides is 1. The molecule has 0 saturated carbocycles. The number of aromatic amines is 1. The lowest BCUT2D eigenvalue weighted by Gasteiger charge is -2.36. The molecule has 2 aromatic rings. The fourth-order valence-corrected chi connectivity index (χ4v) is 3.72. The number of carbonyl (C=O) groups is 1. The van der Waals surface area contributed by atoms with E-state index >= 15 is 0 Å². The predicted octanol–water partition coefficient (Wildman–Crippen LogP) is 1.76. The molecule has 0 radical (unpaired) electrons. The molecule has 7 heteroatoms. The number of allylic oxidation sites excluding steroid dienone is 1. The Hall–Kier alpha value is -2.67. The molecule has 25 heavy (non-hydrogen) atoms. The van der Waals surface area contributed by atoms with Crippen molar-refractivity contribution in [2.75, 3.05) is 26.2 Å². The van der Waals surface area contributed by atoms with Crippen molar-refractivity contribution in [1.82, 2.24) is 19.8 Å². The lowest BCUT2D eigenvalue weighted by molar-refractivity contribution is 0.0944. The summed E-state index contributed by atoms with van der Waals surface area (Å²) in [6.45, 7) is 2.59. The van der Waals surface area contributed by atoms with Crippen molar-refractivity contribution in [3.8, 4) is 0 Å². The number of piperazine rings is 1. The first-order valence-electron chi connectivity index (χ1n) is 8.53. The summed E-state index contributed by atoms with van der Waals surface area (Å²) in [5.74, 6) is 0. The molecule has 1 atom stereocenters. The molecule has 1 amide bonds. The number of carboxylic acid groups (broad SMARTS) is 1. The predicted molar refractivity (Wildman–Crippen MR) is 94.5 cm³/mol. The molecule has 1 unspecified atom stereocenters. The summed E-state index contributed by atoms with van der Waals surface area (Å²) in [4.78, 5) is 34.3. The van der Waals surface area contributed by atoms with Gasteiger partial charge in [0.15, 0.2) is 0 Å². The number of nitrogens with zero attached hydrogens (tertiary/aromatic N) is 3. The third-order valence-corrected chi connectivity index (χ3v) is 5.12. The van der Waals surface area contributed by atoms with Crippen LogP contribution in [-0.2, 0) is 0 Å². The van der Waals surface area contributed by atoms with E-state index in [0.717, 1.165) is 37.2 Å². The molecule has 4 rings (SSSR count). The van der Waals surface area contributed by atoms with Crippen molar-refractivity contribution in [3.05, 3.63) is 46.5 Å². The summed E-state index contributed by atoms with van der Waals surface area (Å²) in [5, 5.41) is 9.65. The summed E-state index contributed by atoms with van der Waals surface area (Å²) >= 11 is 0. The first-order valence-corrected chi connectivity index (χ1v) is 8.53. The number of rotatable bonds is 2. The van der Waals surface area contributed by atoms with E-state index in [9.17, 15) is 9.59 Å². The summed E-state index contributed by atoms with van der Waals surface area (Å²) in [5.41, 5.74) is 2.57. The van der Waals surface area contributed by atoms with Gasteiger partial charge in [0.1, 0.15) is 0 Å². The Balaban J connectivity index is 1.54. The minimum atomic E-state index is -0.844. The molecule has 1 aliphatic carbocycles. The quantitative estimate of drug-likeness (QED) is 0.869. The van der Waals surface area contributed by atoms with Crippen molar-refractivity contribution < 1.29 is 9.90 Å². The van der Waals surface area contributed by atoms with Crippen molar-refractivity contribution >= 4 is 22.6 Å². The van der Waals surface area contributed by atoms with Crippen molar-refractivity contribution in [1.29, 1.82) is 0 Å². The zero-order valence-corrected chi connectivity index (χ0v) is 13.8. The lowest BCUT2D eigenvalue weighted by atomic mass is 10.1. The zero-order chi connectivity index (χ0) is 17.4. The van der Waals surface area contributed by atoms with Crippen molar-refractivity contribution in [3.63, 3.8) is 0 Å². The number of aromatic nitrogens is 2. The van der Waals surface area contributed by atoms with Crippen LogP contribution in [0.1, 0.15) is 18.5 Å². The molecule has 1 fully saturated rings. The molecular formula is C18H20N4O3. The SMILES string of the molecule is O=C(O)N1CCN(C2C=C(c3cc4ncccc4c(=O)[nH]3)CC2)CC1. The topological polar surface area (TPSA) is 89.5 Å². The number of hydrogen-bond donors (Lipinski definition) is 2. The monoisotopic (exact) mass is 340 g/mol. The third-order valence-electron chi connectivity index (χ3n) is 5.12. The van der Waals surface area contributed by atoms with Crippen LogP contribution < -0.4 is 5.56 Å². The van der Waals surface area contributed by atoms with Gasteiger partial charge in [0.25, 0.3) is 5.56 Å². The van der Waals surface area contributed by atoms with Crippen LogP contribution in [0.2, 0.25) is 0 Å². The maximum absolute atomic E-state index is 12.2. The molecule has 2 aliphatic rings. The average molecular weight is 340 g/mol. The normalized spacial score (nSPS) is 21.5. The summed E-state index contributed by atoms with van der Waals surface area (Å²) in [6, 6.07) is 5.78. The molecule has 3 heterocycles. The van der Waals surface area contributed by atoms with Gasteiger partial charge < -0.3 is 15.0 Å². The lowest BCUT2D eigenvalue weighted by Crippen LogP contribution is -2.50. The highest BCUT2D eigenvalue weighted by molar-refractivity contribution is 5.81. The second-order valence-corrected chi connectivity index (χ2v) is 6.55. The Kier molecular flexibility index (Phi) is 4.01. The second-order valence-electron chi connectivity index (χ2n) is 6.55. The average Bonchev–Trinajstić information content (AvgIpc) is 3.12. The fourth-order valence-electron chi connectivity index (χ4n) is 3.72. The maximum atomic E-state index is 12.2. The third kappa shape index (κ3) is 3.02. The van der Waals surface area contributed by atoms with Crippen molar-refractivity contribution in [2.24, 2.45) is 0 Å². The van der Waals surface area contributed by atoms with E-state index in [4.69, 9.17) is 5.11 Å². The Morgan fingerprint density at radius 2 is 2.08 bits per heavy atom. The molecule has 7 nitrogen and oxygen atoms in total. The second kappa shape index (κ2) is 6.33. The Labute approximate surface area is 144 Å². The molecule has 1 aliphatic heterocycles. The van der Waals surface area contributed by atoms with Crippen LogP contribution in [-0.4, -0.2) is 63.2 Å². The van der Waals surface area contributed by atoms with Crippen LogP contribution in [0.15, 0.2) is 35.3 Å². The molecule has 2 N–H and O–H groups in total. The first kappa shape index (κ1) is 15.8. The van der Waals surface area contributed by atoms with Gasteiger partial charge in [0.05, 0.1) is 10.9 Å². The van der Waals surface area contributed by atoms with E-state index in [1.165, 1.54) is 4.90 Å². The largest absolute Gasteiger partial charge is 0.465 e. The fraction of sp³-hybridized carbons (Fsp3) is 0.389. The molecule has 2 aromatic heterocycles. The van der Waals surface area contributed by atoms with Crippen LogP contribution in [0.25, 0.3) is 16.5 Å². The van der Waals surface area contributed by atoms with Gasteiger partial charge in [-0.05, 0) is 36.6 Å². The summed E-state index contributed by atoms with van der Waals surface area (Å²) in [7, 11) is 0. The van der Waals surface area contributed by atoms with Crippen LogP contribution in [0.3, 0.4) is 0 Å². The Morgan fingerprint density at radius 1 is 1.28 bits per heavy atom. The van der Waals surface area contributed by atoms with Gasteiger partial charge in [-0.15, -0.1) is 0 Å². The van der Waals surface area contributed by atoms with E-state index in [0.29, 0.717) is 30.0 Å². The van der Waals surface area contributed by atoms with Crippen LogP contribution in [0, 0.1) is 0 Å². The smallest absolute Gasteiger partial charge is 0.407 e. The summed E-state index contributed by atoms with van der Waals surface area (Å²) in [6.07, 6.45) is 4.95. The van der Waals surface area contributed by atoms with Gasteiger partial charge in [-0.3, -0.25) is 14.7 Å². The van der Waals surface area contributed by atoms with Gasteiger partial charge in [0.2, 0.25) is 0 Å². The minimum Gasteiger partial charge on any atom is -0.465 e. The molecule has 0 spiro atoms. The van der Waals surface area contributed by atoms with E-state index in [-0.39, 0.29) is 5.56 Å². The highest BCUT2D eigenvalue weighted by Gasteiger charge is 2.28. The van der Waals surface area contributed by atoms with Gasteiger partial charge >= 0.3 is 6.09 Å². The standard InChI is InChI=1S/C18H20N4O3/c23-17-14-2-1-5-19-16(14)11-15(20-17)12-3-4-13(10-12)21-6-8-22(9-7-21)18(24)25/h1-2,5,10-11,13H,3-4,6-9H2,(H,20,23)(H,24,25). The van der Waals surface area contributed by atoms with Crippen LogP contribution in [0.4, 0.5) is 4.79 Å². The van der Waals surface area contributed by atoms with Gasteiger partial charge in [0, 0.05) is 44.1 Å². The number of H-pyrrole nitrogens is 1. The number of fused-ring (bicyclic) bond motifs is 1. The highest BCUT2D eigenvalue weighted by Crippen LogP contribution is 2.30. The minimum absolute atomic E-state index is 0.111. The number of nitrogens with one attached hydrogen (secondary N) is 1. The van der Waals surface area contributed by atoms with Crippen LogP contribution in [0.5, 0.6) is 0 Å². The van der Waals surface area contributed by atoms with E-state index < -0.39 is 6.09 Å². The zero-order valence-electron chi connectivity index (χ0n) is 13.8. The maximum Gasteiger partial charge on any atom is 0.407 e. The molecular weight excluding hydrogens is 320 g/mol. The van der Waals surface area contributed by atoms with Gasteiger partial charge in [-0.25, -0.2) is 4.79 Å². The highest BCUT2D eigenvalue weighted by atomic mass is 16.4. The van der Waals surface area contributed by atoms with Gasteiger partial charge in [-0.2, -0.15) is 0 Å². The van der Waals surface area contributed by atoms with Crippen molar-refractivity contribution in [2.45, 2.75) is 18.9 Å². The number of pyridine rings is 2. The molecule has 130 valence electrons. The Morgan fingerprint density at radius 3 is 2.84 bits per heavy atom. The molecule has 1 saturated heterocycles. The Bertz CT molecular complexity index is 897. The van der Waals surface area contributed by atoms with E-state index in [1.807, 2.05) is 6.07 Å². The van der Waals surface area contributed by atoms with E-state index in [1.54, 1.807) is 18.3 Å². The van der Waals surface area contributed by atoms with E-state index in [2.05, 4.69) is 20.9 Å². The summed E-state index contributed by atoms with van der Waals surface area (Å²) < 4.78 is 0. The first-order chi connectivity index (χ1) is 12.1. The molecule has 0 aromatic carbocycles. The number of hydrogen-bond acceptors (Lipinski definition) is 4. The van der Waals surface area contributed by atoms with Crippen LogP contribution >= 0.6 is 0 Å². The van der Waals surface area contributed by atoms with Gasteiger partial charge in [-0.1, -0.05) is 6.08 Å². The molecule has 0 bridgehead atoms.